The van der Waals surface area contributed by atoms with Crippen LogP contribution in [0.1, 0.15) is 31.9 Å². The minimum atomic E-state index is -0.626. The number of benzene rings is 1. The number of carbonyl (C=O) groups excluding carboxylic acids is 1. The van der Waals surface area contributed by atoms with Crippen molar-refractivity contribution in [3.8, 4) is 0 Å². The Morgan fingerprint density at radius 1 is 1.33 bits per heavy atom. The summed E-state index contributed by atoms with van der Waals surface area (Å²) in [4.78, 5) is 11.5. The summed E-state index contributed by atoms with van der Waals surface area (Å²) in [6.07, 6.45) is 1.34. The molecule has 1 atom stereocenters. The Bertz CT molecular complexity index is 371. The molecule has 0 radical (unpaired) electrons. The molecule has 0 heterocycles. The first-order valence-electron chi connectivity index (χ1n) is 6.12. The summed E-state index contributed by atoms with van der Waals surface area (Å²) in [6, 6.07) is 9.59. The van der Waals surface area contributed by atoms with E-state index in [9.17, 15) is 4.79 Å². The van der Waals surface area contributed by atoms with Crippen LogP contribution in [0.5, 0.6) is 0 Å². The maximum Gasteiger partial charge on any atom is 0.508 e. The highest BCUT2D eigenvalue weighted by Crippen LogP contribution is 2.22. The lowest BCUT2D eigenvalue weighted by Gasteiger charge is -2.17. The normalized spacial score (nSPS) is 11.9. The average Bonchev–Trinajstić information content (AvgIpc) is 2.37. The second kappa shape index (κ2) is 7.54. The highest BCUT2D eigenvalue weighted by molar-refractivity contribution is 5.60. The van der Waals surface area contributed by atoms with E-state index < -0.39 is 6.16 Å². The van der Waals surface area contributed by atoms with Crippen LogP contribution in [0.3, 0.4) is 0 Å². The molecule has 0 spiro atoms. The quantitative estimate of drug-likeness (QED) is 0.561. The van der Waals surface area contributed by atoms with Crippen LogP contribution in [-0.2, 0) is 9.47 Å². The van der Waals surface area contributed by atoms with Crippen LogP contribution >= 0.6 is 0 Å². The van der Waals surface area contributed by atoms with Crippen LogP contribution in [0.2, 0.25) is 0 Å². The molecule has 0 aromatic heterocycles. The first-order chi connectivity index (χ1) is 8.63. The predicted octanol–water partition coefficient (Wildman–Crippen LogP) is 4.11. The molecule has 3 nitrogen and oxygen atoms in total. The van der Waals surface area contributed by atoms with Crippen LogP contribution in [0.15, 0.2) is 43.0 Å². The lowest BCUT2D eigenvalue weighted by molar-refractivity contribution is 0.0178. The zero-order valence-electron chi connectivity index (χ0n) is 11.0. The van der Waals surface area contributed by atoms with Crippen LogP contribution < -0.4 is 0 Å². The van der Waals surface area contributed by atoms with E-state index in [-0.39, 0.29) is 6.10 Å². The van der Waals surface area contributed by atoms with E-state index in [1.807, 2.05) is 44.2 Å². The largest absolute Gasteiger partial charge is 0.508 e. The number of carbonyl (C=O) groups is 1. The van der Waals surface area contributed by atoms with E-state index in [0.29, 0.717) is 18.9 Å². The van der Waals surface area contributed by atoms with Gasteiger partial charge in [0.25, 0.3) is 0 Å². The maximum absolute atomic E-state index is 11.5. The van der Waals surface area contributed by atoms with Gasteiger partial charge >= 0.3 is 6.16 Å². The molecule has 1 rings (SSSR count). The summed E-state index contributed by atoms with van der Waals surface area (Å²) >= 11 is 0. The van der Waals surface area contributed by atoms with Crippen LogP contribution in [0, 0.1) is 5.92 Å². The molecule has 3 heteroatoms. The predicted molar refractivity (Wildman–Crippen MR) is 71.3 cm³/mol. The third-order valence-electron chi connectivity index (χ3n) is 2.33. The van der Waals surface area contributed by atoms with E-state index in [1.54, 1.807) is 6.08 Å². The van der Waals surface area contributed by atoms with Crippen LogP contribution in [0.4, 0.5) is 4.79 Å². The van der Waals surface area contributed by atoms with Crippen molar-refractivity contribution in [2.45, 2.75) is 26.4 Å². The van der Waals surface area contributed by atoms with Crippen molar-refractivity contribution in [3.05, 3.63) is 48.6 Å². The van der Waals surface area contributed by atoms with Gasteiger partial charge in [-0.05, 0) is 11.5 Å². The third kappa shape index (κ3) is 5.04. The second-order valence-corrected chi connectivity index (χ2v) is 4.50. The maximum atomic E-state index is 11.5. The van der Waals surface area contributed by atoms with Crippen molar-refractivity contribution in [2.75, 3.05) is 6.61 Å². The van der Waals surface area contributed by atoms with E-state index in [1.165, 1.54) is 0 Å². The van der Waals surface area contributed by atoms with Gasteiger partial charge in [0.15, 0.2) is 0 Å². The monoisotopic (exact) mass is 248 g/mol. The van der Waals surface area contributed by atoms with Gasteiger partial charge in [-0.15, -0.1) is 6.58 Å². The summed E-state index contributed by atoms with van der Waals surface area (Å²) in [6.45, 7) is 8.00. The van der Waals surface area contributed by atoms with Crippen LogP contribution in [0.25, 0.3) is 0 Å². The van der Waals surface area contributed by atoms with Crippen LogP contribution in [-0.4, -0.2) is 12.8 Å². The number of hydrogen-bond donors (Lipinski definition) is 0. The fraction of sp³-hybridized carbons (Fsp3) is 0.400. The minimum absolute atomic E-state index is 0.298. The Labute approximate surface area is 108 Å². The minimum Gasteiger partial charge on any atom is -0.434 e. The van der Waals surface area contributed by atoms with Gasteiger partial charge in [0.2, 0.25) is 0 Å². The van der Waals surface area contributed by atoms with Gasteiger partial charge < -0.3 is 9.47 Å². The van der Waals surface area contributed by atoms with Crippen molar-refractivity contribution in [2.24, 2.45) is 5.92 Å². The molecule has 0 saturated heterocycles. The highest BCUT2D eigenvalue weighted by Gasteiger charge is 2.16. The van der Waals surface area contributed by atoms with Crippen molar-refractivity contribution in [1.82, 2.24) is 0 Å². The molecule has 1 aromatic carbocycles. The molecule has 18 heavy (non-hydrogen) atoms. The molecule has 0 aliphatic carbocycles. The van der Waals surface area contributed by atoms with E-state index in [2.05, 4.69) is 6.58 Å². The molecule has 0 bridgehead atoms. The van der Waals surface area contributed by atoms with Gasteiger partial charge in [-0.2, -0.15) is 0 Å². The smallest absolute Gasteiger partial charge is 0.434 e. The van der Waals surface area contributed by atoms with E-state index >= 15 is 0 Å². The molecule has 1 aromatic rings. The van der Waals surface area contributed by atoms with Gasteiger partial charge in [-0.1, -0.05) is 50.3 Å². The molecule has 0 fully saturated rings. The Morgan fingerprint density at radius 3 is 2.56 bits per heavy atom. The molecular formula is C15H20O3. The fourth-order valence-electron chi connectivity index (χ4n) is 1.46. The summed E-state index contributed by atoms with van der Waals surface area (Å²) < 4.78 is 10.3. The SMILES string of the molecule is C=CC[C@H](OC(=O)OCC(C)C)c1ccccc1. The lowest BCUT2D eigenvalue weighted by atomic mass is 10.1. The Hall–Kier alpha value is -1.77. The van der Waals surface area contributed by atoms with Crippen molar-refractivity contribution in [1.29, 1.82) is 0 Å². The Morgan fingerprint density at radius 2 is 2.00 bits per heavy atom. The first kappa shape index (κ1) is 14.3. The summed E-state index contributed by atoms with van der Waals surface area (Å²) in [5.74, 6) is 0.298. The molecule has 0 N–H and O–H groups in total. The lowest BCUT2D eigenvalue weighted by Crippen LogP contribution is -2.15. The Balaban J connectivity index is 2.58. The summed E-state index contributed by atoms with van der Waals surface area (Å²) in [7, 11) is 0. The molecule has 0 saturated carbocycles. The van der Waals surface area contributed by atoms with Gasteiger partial charge in [-0.3, -0.25) is 0 Å². The van der Waals surface area contributed by atoms with Crippen molar-refractivity contribution < 1.29 is 14.3 Å². The number of ether oxygens (including phenoxy) is 2. The second-order valence-electron chi connectivity index (χ2n) is 4.50. The zero-order chi connectivity index (χ0) is 13.4. The molecular weight excluding hydrogens is 228 g/mol. The Kier molecular flexibility index (Phi) is 5.98. The number of hydrogen-bond acceptors (Lipinski definition) is 3. The number of rotatable bonds is 6. The summed E-state index contributed by atoms with van der Waals surface area (Å²) in [5.41, 5.74) is 0.943. The first-order valence-corrected chi connectivity index (χ1v) is 6.12. The van der Waals surface area contributed by atoms with Crippen molar-refractivity contribution >= 4 is 6.16 Å². The van der Waals surface area contributed by atoms with Gasteiger partial charge in [0, 0.05) is 6.42 Å². The van der Waals surface area contributed by atoms with E-state index in [4.69, 9.17) is 9.47 Å². The van der Waals surface area contributed by atoms with Gasteiger partial charge in [0.05, 0.1) is 6.61 Å². The molecule has 0 unspecified atom stereocenters. The zero-order valence-corrected chi connectivity index (χ0v) is 11.0. The summed E-state index contributed by atoms with van der Waals surface area (Å²) in [5, 5.41) is 0. The molecule has 0 amide bonds. The average molecular weight is 248 g/mol. The molecule has 0 aliphatic rings. The van der Waals surface area contributed by atoms with Crippen molar-refractivity contribution in [3.63, 3.8) is 0 Å². The van der Waals surface area contributed by atoms with Gasteiger partial charge in [0.1, 0.15) is 6.10 Å². The highest BCUT2D eigenvalue weighted by atomic mass is 16.7. The third-order valence-corrected chi connectivity index (χ3v) is 2.33. The standard InChI is InChI=1S/C15H20O3/c1-4-8-14(13-9-6-5-7-10-13)18-15(16)17-11-12(2)3/h4-7,9-10,12,14H,1,8,11H2,2-3H3/t14-/m0/s1. The topological polar surface area (TPSA) is 35.5 Å². The van der Waals surface area contributed by atoms with Gasteiger partial charge in [-0.25, -0.2) is 4.79 Å². The molecule has 98 valence electrons. The van der Waals surface area contributed by atoms with E-state index in [0.717, 1.165) is 5.56 Å². The fourth-order valence-corrected chi connectivity index (χ4v) is 1.46. The molecule has 0 aliphatic heterocycles.